The summed E-state index contributed by atoms with van der Waals surface area (Å²) >= 11 is 1.40. The Morgan fingerprint density at radius 3 is 2.67 bits per heavy atom. The van der Waals surface area contributed by atoms with Gasteiger partial charge < -0.3 is 15.8 Å². The lowest BCUT2D eigenvalue weighted by Crippen LogP contribution is -2.50. The molecule has 2 rings (SSSR count). The van der Waals surface area contributed by atoms with E-state index < -0.39 is 11.5 Å². The molecule has 116 valence electrons. The Hall–Kier alpha value is -1.40. The van der Waals surface area contributed by atoms with Crippen molar-refractivity contribution < 1.29 is 14.3 Å². The topological polar surface area (TPSA) is 81.4 Å². The minimum atomic E-state index is -0.887. The summed E-state index contributed by atoms with van der Waals surface area (Å²) in [4.78, 5) is 25.4. The number of amides is 1. The molecule has 6 heteroatoms. The van der Waals surface area contributed by atoms with Crippen LogP contribution in [0.4, 0.5) is 5.00 Å². The summed E-state index contributed by atoms with van der Waals surface area (Å²) in [5.74, 6) is -0.414. The lowest BCUT2D eigenvalue weighted by molar-refractivity contribution is -0.121. The van der Waals surface area contributed by atoms with Crippen molar-refractivity contribution in [1.29, 1.82) is 0 Å². The van der Waals surface area contributed by atoms with Crippen molar-refractivity contribution in [3.05, 3.63) is 16.5 Å². The second kappa shape index (κ2) is 6.15. The third-order valence-electron chi connectivity index (χ3n) is 3.77. The first-order chi connectivity index (χ1) is 9.90. The SMILES string of the molecule is CCOC(=O)c1cc(CC)sc1NC(=O)C(C)(N)C1CC1. The second-order valence-corrected chi connectivity index (χ2v) is 6.68. The molecular weight excluding hydrogens is 288 g/mol. The number of ether oxygens (including phenoxy) is 1. The molecule has 0 spiro atoms. The number of carbonyl (C=O) groups is 2. The fourth-order valence-corrected chi connectivity index (χ4v) is 3.16. The van der Waals surface area contributed by atoms with Crippen molar-refractivity contribution in [1.82, 2.24) is 0 Å². The number of esters is 1. The number of aryl methyl sites for hydroxylation is 1. The van der Waals surface area contributed by atoms with Crippen LogP contribution in [-0.2, 0) is 16.0 Å². The van der Waals surface area contributed by atoms with Crippen LogP contribution in [0, 0.1) is 5.92 Å². The molecule has 1 aromatic heterocycles. The molecule has 1 aliphatic carbocycles. The molecule has 0 aliphatic heterocycles. The Kier molecular flexibility index (Phi) is 4.68. The van der Waals surface area contributed by atoms with E-state index in [1.54, 1.807) is 19.9 Å². The van der Waals surface area contributed by atoms with Gasteiger partial charge in [0.25, 0.3) is 0 Å². The van der Waals surface area contributed by atoms with Crippen LogP contribution < -0.4 is 11.1 Å². The molecule has 0 aromatic carbocycles. The van der Waals surface area contributed by atoms with Gasteiger partial charge in [-0.25, -0.2) is 4.79 Å². The number of hydrogen-bond donors (Lipinski definition) is 2. The van der Waals surface area contributed by atoms with Gasteiger partial charge in [0.15, 0.2) is 0 Å². The zero-order chi connectivity index (χ0) is 15.6. The van der Waals surface area contributed by atoms with E-state index in [2.05, 4.69) is 5.32 Å². The van der Waals surface area contributed by atoms with Crippen molar-refractivity contribution in [2.24, 2.45) is 11.7 Å². The number of rotatable bonds is 6. The molecule has 1 aromatic rings. The quantitative estimate of drug-likeness (QED) is 0.791. The maximum atomic E-state index is 12.4. The first-order valence-corrected chi connectivity index (χ1v) is 8.11. The lowest BCUT2D eigenvalue weighted by atomic mass is 9.96. The average Bonchev–Trinajstić information content (AvgIpc) is 3.21. The molecule has 1 saturated carbocycles. The Balaban J connectivity index is 2.20. The predicted octanol–water partition coefficient (Wildman–Crippen LogP) is 2.55. The molecule has 1 aliphatic rings. The highest BCUT2D eigenvalue weighted by Gasteiger charge is 2.44. The van der Waals surface area contributed by atoms with Crippen molar-refractivity contribution in [2.45, 2.75) is 45.6 Å². The van der Waals surface area contributed by atoms with E-state index >= 15 is 0 Å². The smallest absolute Gasteiger partial charge is 0.341 e. The third-order valence-corrected chi connectivity index (χ3v) is 4.96. The van der Waals surface area contributed by atoms with Gasteiger partial charge in [0.2, 0.25) is 5.91 Å². The van der Waals surface area contributed by atoms with Gasteiger partial charge in [-0.05, 0) is 45.1 Å². The van der Waals surface area contributed by atoms with Gasteiger partial charge >= 0.3 is 5.97 Å². The second-order valence-electron chi connectivity index (χ2n) is 5.54. The molecule has 3 N–H and O–H groups in total. The van der Waals surface area contributed by atoms with Gasteiger partial charge in [-0.15, -0.1) is 11.3 Å². The number of thiophene rings is 1. The van der Waals surface area contributed by atoms with E-state index in [0.29, 0.717) is 17.2 Å². The van der Waals surface area contributed by atoms with Gasteiger partial charge in [0.1, 0.15) is 5.00 Å². The number of nitrogens with one attached hydrogen (secondary N) is 1. The normalized spacial score (nSPS) is 17.1. The minimum Gasteiger partial charge on any atom is -0.462 e. The first-order valence-electron chi connectivity index (χ1n) is 7.30. The van der Waals surface area contributed by atoms with E-state index in [4.69, 9.17) is 10.5 Å². The lowest BCUT2D eigenvalue weighted by Gasteiger charge is -2.22. The van der Waals surface area contributed by atoms with Gasteiger partial charge in [-0.2, -0.15) is 0 Å². The van der Waals surface area contributed by atoms with Crippen molar-refractivity contribution in [2.75, 3.05) is 11.9 Å². The Labute approximate surface area is 128 Å². The molecule has 0 saturated heterocycles. The van der Waals surface area contributed by atoms with Crippen LogP contribution in [0.15, 0.2) is 6.07 Å². The summed E-state index contributed by atoms with van der Waals surface area (Å²) in [5, 5.41) is 3.35. The largest absolute Gasteiger partial charge is 0.462 e. The van der Waals surface area contributed by atoms with E-state index in [0.717, 1.165) is 24.1 Å². The summed E-state index contributed by atoms with van der Waals surface area (Å²) in [7, 11) is 0. The van der Waals surface area contributed by atoms with Gasteiger partial charge in [-0.1, -0.05) is 6.92 Å². The van der Waals surface area contributed by atoms with Gasteiger partial charge in [0, 0.05) is 4.88 Å². The van der Waals surface area contributed by atoms with Crippen molar-refractivity contribution >= 4 is 28.2 Å². The average molecular weight is 310 g/mol. The fourth-order valence-electron chi connectivity index (χ4n) is 2.18. The van der Waals surface area contributed by atoms with E-state index in [1.165, 1.54) is 11.3 Å². The van der Waals surface area contributed by atoms with Crippen molar-refractivity contribution in [3.63, 3.8) is 0 Å². The summed E-state index contributed by atoms with van der Waals surface area (Å²) in [6.45, 7) is 5.81. The summed E-state index contributed by atoms with van der Waals surface area (Å²) < 4.78 is 5.04. The Bertz CT molecular complexity index is 547. The number of hydrogen-bond acceptors (Lipinski definition) is 5. The highest BCUT2D eigenvalue weighted by atomic mass is 32.1. The number of nitrogens with two attached hydrogens (primary N) is 1. The van der Waals surface area contributed by atoms with Crippen LogP contribution >= 0.6 is 11.3 Å². The molecular formula is C15H22N2O3S. The molecule has 1 heterocycles. The van der Waals surface area contributed by atoms with Crippen LogP contribution in [0.3, 0.4) is 0 Å². The molecule has 0 radical (unpaired) electrons. The fraction of sp³-hybridized carbons (Fsp3) is 0.600. The zero-order valence-corrected chi connectivity index (χ0v) is 13.5. The highest BCUT2D eigenvalue weighted by Crippen LogP contribution is 2.39. The van der Waals surface area contributed by atoms with E-state index in [9.17, 15) is 9.59 Å². The summed E-state index contributed by atoms with van der Waals surface area (Å²) in [6, 6.07) is 1.78. The van der Waals surface area contributed by atoms with Gasteiger partial charge in [0.05, 0.1) is 17.7 Å². The predicted molar refractivity (Wildman–Crippen MR) is 83.6 cm³/mol. The third kappa shape index (κ3) is 3.44. The highest BCUT2D eigenvalue weighted by molar-refractivity contribution is 7.16. The van der Waals surface area contributed by atoms with E-state index in [-0.39, 0.29) is 11.8 Å². The van der Waals surface area contributed by atoms with Crippen LogP contribution in [0.2, 0.25) is 0 Å². The summed E-state index contributed by atoms with van der Waals surface area (Å²) in [6.07, 6.45) is 2.76. The minimum absolute atomic E-state index is 0.231. The van der Waals surface area contributed by atoms with Crippen LogP contribution in [0.5, 0.6) is 0 Å². The Morgan fingerprint density at radius 2 is 2.14 bits per heavy atom. The molecule has 1 unspecified atom stereocenters. The molecule has 1 amide bonds. The summed E-state index contributed by atoms with van der Waals surface area (Å²) in [5.41, 5.74) is 5.64. The van der Waals surface area contributed by atoms with Crippen LogP contribution in [0.25, 0.3) is 0 Å². The number of carbonyl (C=O) groups excluding carboxylic acids is 2. The number of anilines is 1. The van der Waals surface area contributed by atoms with Gasteiger partial charge in [-0.3, -0.25) is 4.79 Å². The van der Waals surface area contributed by atoms with E-state index in [1.807, 2.05) is 6.92 Å². The molecule has 21 heavy (non-hydrogen) atoms. The zero-order valence-electron chi connectivity index (χ0n) is 12.7. The van der Waals surface area contributed by atoms with Crippen LogP contribution in [0.1, 0.15) is 48.8 Å². The molecule has 0 bridgehead atoms. The molecule has 1 fully saturated rings. The van der Waals surface area contributed by atoms with Crippen LogP contribution in [-0.4, -0.2) is 24.0 Å². The standard InChI is InChI=1S/C15H22N2O3S/c1-4-10-8-11(13(18)20-5-2)12(21-10)17-14(19)15(3,16)9-6-7-9/h8-9H,4-7,16H2,1-3H3,(H,17,19). The molecule has 5 nitrogen and oxygen atoms in total. The Morgan fingerprint density at radius 1 is 1.48 bits per heavy atom. The molecule has 1 atom stereocenters. The van der Waals surface area contributed by atoms with Crippen molar-refractivity contribution in [3.8, 4) is 0 Å². The maximum Gasteiger partial charge on any atom is 0.341 e. The monoisotopic (exact) mass is 310 g/mol. The first kappa shape index (κ1) is 16.0. The maximum absolute atomic E-state index is 12.4.